The predicted molar refractivity (Wildman–Crippen MR) is 108 cm³/mol. The van der Waals surface area contributed by atoms with Gasteiger partial charge in [0.1, 0.15) is 12.4 Å². The number of phenols is 1. The lowest BCUT2D eigenvalue weighted by Crippen LogP contribution is -2.35. The Morgan fingerprint density at radius 2 is 1.86 bits per heavy atom. The molecule has 2 aromatic rings. The molecule has 8 heteroatoms. The Hall–Kier alpha value is -2.77. The number of hydrogen-bond acceptors (Lipinski definition) is 5. The molecule has 2 amide bonds. The minimum Gasteiger partial charge on any atom is -0.508 e. The van der Waals surface area contributed by atoms with E-state index in [1.807, 2.05) is 12.1 Å². The first-order valence-electron chi connectivity index (χ1n) is 9.36. The van der Waals surface area contributed by atoms with Gasteiger partial charge in [0.2, 0.25) is 0 Å². The predicted octanol–water partition coefficient (Wildman–Crippen LogP) is 3.20. The number of nitrogens with one attached hydrogen (secondary N) is 1. The van der Waals surface area contributed by atoms with E-state index in [9.17, 15) is 14.7 Å². The molecule has 1 saturated heterocycles. The van der Waals surface area contributed by atoms with E-state index >= 15 is 0 Å². The molecule has 1 heterocycles. The number of carbonyl (C=O) groups is 2. The summed E-state index contributed by atoms with van der Waals surface area (Å²) in [7, 11) is 0. The van der Waals surface area contributed by atoms with Gasteiger partial charge in [-0.05, 0) is 48.4 Å². The molecule has 0 bridgehead atoms. The van der Waals surface area contributed by atoms with Crippen molar-refractivity contribution < 1.29 is 24.2 Å². The van der Waals surface area contributed by atoms with Crippen molar-refractivity contribution in [3.8, 4) is 5.75 Å². The highest BCUT2D eigenvalue weighted by Crippen LogP contribution is 2.13. The van der Waals surface area contributed by atoms with Crippen LogP contribution in [0, 0.1) is 0 Å². The summed E-state index contributed by atoms with van der Waals surface area (Å²) >= 11 is 5.85. The third-order valence-corrected chi connectivity index (χ3v) is 4.84. The average molecular weight is 419 g/mol. The molecule has 0 spiro atoms. The minimum absolute atomic E-state index is 0.108. The molecule has 1 fully saturated rings. The number of carbonyl (C=O) groups excluding carboxylic acids is 2. The van der Waals surface area contributed by atoms with Gasteiger partial charge in [-0.25, -0.2) is 4.79 Å². The molecule has 0 radical (unpaired) electrons. The molecule has 3 rings (SSSR count). The summed E-state index contributed by atoms with van der Waals surface area (Å²) in [5.74, 6) is -0.131. The third-order valence-electron chi connectivity index (χ3n) is 4.59. The molecule has 0 unspecified atom stereocenters. The van der Waals surface area contributed by atoms with Crippen LogP contribution in [0.1, 0.15) is 22.3 Å². The number of amides is 2. The van der Waals surface area contributed by atoms with E-state index in [1.165, 1.54) is 12.1 Å². The number of phenolic OH excluding ortho intramolecular Hbond substituents is 1. The molecule has 154 valence electrons. The Morgan fingerprint density at radius 1 is 1.14 bits per heavy atom. The van der Waals surface area contributed by atoms with Crippen molar-refractivity contribution in [3.63, 3.8) is 0 Å². The van der Waals surface area contributed by atoms with Crippen molar-refractivity contribution in [1.29, 1.82) is 0 Å². The highest BCUT2D eigenvalue weighted by molar-refractivity contribution is 6.30. The summed E-state index contributed by atoms with van der Waals surface area (Å²) in [6.07, 6.45) is 0.00813. The van der Waals surface area contributed by atoms with E-state index in [2.05, 4.69) is 5.32 Å². The number of ether oxygens (including phenoxy) is 2. The van der Waals surface area contributed by atoms with Crippen LogP contribution in [0.5, 0.6) is 5.75 Å². The van der Waals surface area contributed by atoms with Gasteiger partial charge in [0, 0.05) is 30.2 Å². The number of benzene rings is 2. The minimum atomic E-state index is -0.391. The van der Waals surface area contributed by atoms with E-state index in [4.69, 9.17) is 21.1 Å². The molecule has 29 heavy (non-hydrogen) atoms. The van der Waals surface area contributed by atoms with Gasteiger partial charge >= 0.3 is 6.09 Å². The van der Waals surface area contributed by atoms with Crippen molar-refractivity contribution in [1.82, 2.24) is 10.2 Å². The normalized spacial score (nSPS) is 16.7. The number of rotatable bonds is 5. The second-order valence-corrected chi connectivity index (χ2v) is 7.14. The van der Waals surface area contributed by atoms with E-state index in [0.717, 1.165) is 5.56 Å². The van der Waals surface area contributed by atoms with Crippen LogP contribution in [0.4, 0.5) is 4.79 Å². The maximum atomic E-state index is 12.3. The van der Waals surface area contributed by atoms with E-state index in [-0.39, 0.29) is 24.4 Å². The molecule has 2 aromatic carbocycles. The van der Waals surface area contributed by atoms with Gasteiger partial charge in [0.05, 0.1) is 12.7 Å². The first-order chi connectivity index (χ1) is 14.0. The molecule has 2 N–H and O–H groups in total. The van der Waals surface area contributed by atoms with Crippen molar-refractivity contribution in [2.45, 2.75) is 19.1 Å². The third kappa shape index (κ3) is 6.37. The Bertz CT molecular complexity index is 826. The first-order valence-corrected chi connectivity index (χ1v) is 9.74. The van der Waals surface area contributed by atoms with Gasteiger partial charge in [-0.1, -0.05) is 23.7 Å². The molecule has 1 aliphatic rings. The van der Waals surface area contributed by atoms with Gasteiger partial charge in [0.15, 0.2) is 0 Å². The molecule has 1 atom stereocenters. The number of halogens is 1. The van der Waals surface area contributed by atoms with Crippen LogP contribution in [0.3, 0.4) is 0 Å². The molecule has 0 aromatic heterocycles. The largest absolute Gasteiger partial charge is 0.508 e. The molecule has 0 saturated carbocycles. The Morgan fingerprint density at radius 3 is 2.59 bits per heavy atom. The fraction of sp³-hybridized carbons (Fsp3) is 0.333. The molecule has 1 aliphatic heterocycles. The van der Waals surface area contributed by atoms with Crippen LogP contribution in [0.25, 0.3) is 0 Å². The van der Waals surface area contributed by atoms with Gasteiger partial charge in [-0.15, -0.1) is 0 Å². The van der Waals surface area contributed by atoms with Crippen LogP contribution in [0.2, 0.25) is 5.02 Å². The van der Waals surface area contributed by atoms with Crippen LogP contribution in [-0.2, 0) is 16.1 Å². The van der Waals surface area contributed by atoms with E-state index in [0.29, 0.717) is 43.2 Å². The summed E-state index contributed by atoms with van der Waals surface area (Å²) in [5.41, 5.74) is 1.33. The van der Waals surface area contributed by atoms with Gasteiger partial charge in [-0.2, -0.15) is 0 Å². The zero-order valence-electron chi connectivity index (χ0n) is 15.8. The maximum Gasteiger partial charge on any atom is 0.410 e. The SMILES string of the molecule is O=C(NC[C@H]1CCN(C(=O)OCc2ccc(Cl)cc2)CCO1)c1ccc(O)cc1. The topological polar surface area (TPSA) is 88.1 Å². The summed E-state index contributed by atoms with van der Waals surface area (Å²) in [4.78, 5) is 26.1. The van der Waals surface area contributed by atoms with Crippen molar-refractivity contribution in [2.24, 2.45) is 0 Å². The summed E-state index contributed by atoms with van der Waals surface area (Å²) < 4.78 is 11.1. The van der Waals surface area contributed by atoms with Crippen molar-refractivity contribution in [3.05, 3.63) is 64.7 Å². The molecule has 7 nitrogen and oxygen atoms in total. The van der Waals surface area contributed by atoms with Crippen LogP contribution in [-0.4, -0.2) is 54.4 Å². The Balaban J connectivity index is 1.42. The lowest BCUT2D eigenvalue weighted by Gasteiger charge is -2.19. The lowest BCUT2D eigenvalue weighted by molar-refractivity contribution is 0.0569. The quantitative estimate of drug-likeness (QED) is 0.778. The van der Waals surface area contributed by atoms with Gasteiger partial charge < -0.3 is 24.8 Å². The standard InChI is InChI=1S/C21H23ClN2O5/c22-17-5-1-15(2-6-17)14-29-21(27)24-10-9-19(28-12-11-24)13-23-20(26)16-3-7-18(25)8-4-16/h1-8,19,25H,9-14H2,(H,23,26)/t19-/m1/s1. The zero-order chi connectivity index (χ0) is 20.6. The van der Waals surface area contributed by atoms with Crippen molar-refractivity contribution >= 4 is 23.6 Å². The molecular formula is C21H23ClN2O5. The smallest absolute Gasteiger partial charge is 0.410 e. The summed E-state index contributed by atoms with van der Waals surface area (Å²) in [6, 6.07) is 13.2. The van der Waals surface area contributed by atoms with Crippen LogP contribution >= 0.6 is 11.6 Å². The van der Waals surface area contributed by atoms with Gasteiger partial charge in [-0.3, -0.25) is 4.79 Å². The van der Waals surface area contributed by atoms with Gasteiger partial charge in [0.25, 0.3) is 5.91 Å². The highest BCUT2D eigenvalue weighted by atomic mass is 35.5. The number of hydrogen-bond donors (Lipinski definition) is 2. The summed E-state index contributed by atoms with van der Waals surface area (Å²) in [6.45, 7) is 1.81. The molecular weight excluding hydrogens is 396 g/mol. The second kappa shape index (κ2) is 10.1. The Kier molecular flexibility index (Phi) is 7.32. The maximum absolute atomic E-state index is 12.3. The monoisotopic (exact) mass is 418 g/mol. The zero-order valence-corrected chi connectivity index (χ0v) is 16.6. The fourth-order valence-corrected chi connectivity index (χ4v) is 3.03. The molecule has 0 aliphatic carbocycles. The lowest BCUT2D eigenvalue weighted by atomic mass is 10.2. The number of aromatic hydroxyl groups is 1. The summed E-state index contributed by atoms with van der Waals surface area (Å²) in [5, 5.41) is 12.7. The van der Waals surface area contributed by atoms with Crippen LogP contribution in [0.15, 0.2) is 48.5 Å². The van der Waals surface area contributed by atoms with Crippen LogP contribution < -0.4 is 5.32 Å². The fourth-order valence-electron chi connectivity index (χ4n) is 2.91. The van der Waals surface area contributed by atoms with E-state index in [1.54, 1.807) is 29.2 Å². The number of nitrogens with zero attached hydrogens (tertiary/aromatic N) is 1. The van der Waals surface area contributed by atoms with Crippen molar-refractivity contribution in [2.75, 3.05) is 26.2 Å². The average Bonchev–Trinajstić information content (AvgIpc) is 2.98. The van der Waals surface area contributed by atoms with E-state index < -0.39 is 6.09 Å². The first kappa shape index (κ1) is 21.0. The second-order valence-electron chi connectivity index (χ2n) is 6.71. The Labute approximate surface area is 174 Å². The highest BCUT2D eigenvalue weighted by Gasteiger charge is 2.22.